The molecular formula is C12H14N4O5S. The van der Waals surface area contributed by atoms with E-state index in [4.69, 9.17) is 12.2 Å². The number of thiocarbonyl (C=S) groups is 1. The quantitative estimate of drug-likeness (QED) is 0.498. The minimum absolute atomic E-state index is 0.157. The maximum absolute atomic E-state index is 12.1. The summed E-state index contributed by atoms with van der Waals surface area (Å²) in [4.78, 5) is 33.7. The monoisotopic (exact) mass is 326 g/mol. The average Bonchev–Trinajstić information content (AvgIpc) is 2.47. The molecule has 0 aliphatic heterocycles. The zero-order chi connectivity index (χ0) is 16.9. The lowest BCUT2D eigenvalue weighted by atomic mass is 10.1. The summed E-state index contributed by atoms with van der Waals surface area (Å²) in [6, 6.07) is 2.72. The molecule has 0 aliphatic carbocycles. The molecule has 0 saturated heterocycles. The lowest BCUT2D eigenvalue weighted by molar-refractivity contribution is -0.394. The van der Waals surface area contributed by atoms with Crippen LogP contribution in [0.2, 0.25) is 0 Å². The minimum Gasteiger partial charge on any atom is -0.350 e. The molecule has 1 N–H and O–H groups in total. The fourth-order valence-electron chi connectivity index (χ4n) is 1.70. The number of hydrogen-bond acceptors (Lipinski definition) is 6. The molecule has 0 fully saturated rings. The van der Waals surface area contributed by atoms with Crippen molar-refractivity contribution in [3.05, 3.63) is 44.0 Å². The summed E-state index contributed by atoms with van der Waals surface area (Å²) in [6.07, 6.45) is 0. The van der Waals surface area contributed by atoms with Crippen molar-refractivity contribution in [2.75, 3.05) is 13.1 Å². The van der Waals surface area contributed by atoms with Gasteiger partial charge in [0.25, 0.3) is 17.3 Å². The molecule has 1 aromatic carbocycles. The topological polar surface area (TPSA) is 119 Å². The molecule has 1 amide bonds. The molecule has 10 heteroatoms. The number of carbonyl (C=O) groups is 1. The first-order chi connectivity index (χ1) is 10.3. The van der Waals surface area contributed by atoms with Crippen LogP contribution in [0.25, 0.3) is 0 Å². The van der Waals surface area contributed by atoms with Gasteiger partial charge in [0.1, 0.15) is 0 Å². The molecule has 0 spiro atoms. The van der Waals surface area contributed by atoms with Crippen LogP contribution in [-0.4, -0.2) is 38.9 Å². The molecule has 0 saturated carbocycles. The van der Waals surface area contributed by atoms with Crippen LogP contribution in [0.1, 0.15) is 24.2 Å². The van der Waals surface area contributed by atoms with Gasteiger partial charge in [-0.2, -0.15) is 0 Å². The third kappa shape index (κ3) is 4.19. The molecule has 0 radical (unpaired) electrons. The molecule has 0 aromatic heterocycles. The van der Waals surface area contributed by atoms with Crippen LogP contribution in [0, 0.1) is 20.2 Å². The van der Waals surface area contributed by atoms with Gasteiger partial charge in [0.2, 0.25) is 0 Å². The summed E-state index contributed by atoms with van der Waals surface area (Å²) in [5, 5.41) is 24.1. The predicted molar refractivity (Wildman–Crippen MR) is 82.7 cm³/mol. The maximum Gasteiger partial charge on any atom is 0.277 e. The standard InChI is InChI=1S/C12H14N4O5S/c1-3-14(4-2)12(22)13-11(17)8-5-9(15(18)19)7-10(6-8)16(20)21/h5-7H,3-4H2,1-2H3,(H,13,17,22). The molecule has 118 valence electrons. The van der Waals surface area contributed by atoms with E-state index in [1.54, 1.807) is 4.90 Å². The number of rotatable bonds is 5. The number of hydrogen-bond donors (Lipinski definition) is 1. The number of non-ortho nitro benzene ring substituents is 2. The van der Waals surface area contributed by atoms with Crippen molar-refractivity contribution in [2.45, 2.75) is 13.8 Å². The Balaban J connectivity index is 3.09. The maximum atomic E-state index is 12.1. The van der Waals surface area contributed by atoms with Crippen LogP contribution in [0.4, 0.5) is 11.4 Å². The molecule has 0 bridgehead atoms. The van der Waals surface area contributed by atoms with Gasteiger partial charge in [0, 0.05) is 25.2 Å². The highest BCUT2D eigenvalue weighted by Crippen LogP contribution is 2.22. The average molecular weight is 326 g/mol. The zero-order valence-corrected chi connectivity index (χ0v) is 12.8. The van der Waals surface area contributed by atoms with Gasteiger partial charge in [-0.3, -0.25) is 30.3 Å². The van der Waals surface area contributed by atoms with Crippen LogP contribution < -0.4 is 5.32 Å². The number of nitro benzene ring substituents is 2. The summed E-state index contributed by atoms with van der Waals surface area (Å²) in [5.41, 5.74) is -1.27. The first kappa shape index (κ1) is 17.4. The summed E-state index contributed by atoms with van der Waals surface area (Å²) < 4.78 is 0. The van der Waals surface area contributed by atoms with Gasteiger partial charge in [-0.15, -0.1) is 0 Å². The minimum atomic E-state index is -0.799. The number of nitrogens with zero attached hydrogens (tertiary/aromatic N) is 3. The van der Waals surface area contributed by atoms with Crippen molar-refractivity contribution in [2.24, 2.45) is 0 Å². The summed E-state index contributed by atoms with van der Waals surface area (Å²) in [6.45, 7) is 4.84. The normalized spacial score (nSPS) is 9.91. The Kier molecular flexibility index (Phi) is 5.87. The Morgan fingerprint density at radius 1 is 1.14 bits per heavy atom. The highest BCUT2D eigenvalue weighted by Gasteiger charge is 2.21. The van der Waals surface area contributed by atoms with Gasteiger partial charge < -0.3 is 4.90 Å². The van der Waals surface area contributed by atoms with E-state index in [0.717, 1.165) is 18.2 Å². The van der Waals surface area contributed by atoms with Gasteiger partial charge in [0.15, 0.2) is 5.11 Å². The fourth-order valence-corrected chi connectivity index (χ4v) is 2.05. The SMILES string of the molecule is CCN(CC)C(=S)NC(=O)c1cc([N+](=O)[O-])cc([N+](=O)[O-])c1. The Bertz CT molecular complexity index is 598. The second-order valence-electron chi connectivity index (χ2n) is 4.18. The van der Waals surface area contributed by atoms with Crippen LogP contribution in [-0.2, 0) is 0 Å². The molecule has 0 atom stereocenters. The van der Waals surface area contributed by atoms with Crippen molar-refractivity contribution in [3.63, 3.8) is 0 Å². The smallest absolute Gasteiger partial charge is 0.277 e. The van der Waals surface area contributed by atoms with Crippen molar-refractivity contribution < 1.29 is 14.6 Å². The van der Waals surface area contributed by atoms with Crippen molar-refractivity contribution in [1.29, 1.82) is 0 Å². The summed E-state index contributed by atoms with van der Waals surface area (Å²) in [7, 11) is 0. The second kappa shape index (κ2) is 7.41. The van der Waals surface area contributed by atoms with E-state index < -0.39 is 27.1 Å². The summed E-state index contributed by atoms with van der Waals surface area (Å²) >= 11 is 5.05. The largest absolute Gasteiger partial charge is 0.350 e. The second-order valence-corrected chi connectivity index (χ2v) is 4.57. The lowest BCUT2D eigenvalue weighted by Crippen LogP contribution is -2.42. The molecule has 22 heavy (non-hydrogen) atoms. The third-order valence-corrected chi connectivity index (χ3v) is 3.22. The summed E-state index contributed by atoms with van der Waals surface area (Å²) in [5.74, 6) is -0.733. The van der Waals surface area contributed by atoms with Crippen LogP contribution >= 0.6 is 12.2 Å². The number of carbonyl (C=O) groups excluding carboxylic acids is 1. The Hall–Kier alpha value is -2.62. The zero-order valence-electron chi connectivity index (χ0n) is 11.9. The lowest BCUT2D eigenvalue weighted by Gasteiger charge is -2.21. The Labute approximate surface area is 131 Å². The number of amides is 1. The van der Waals surface area contributed by atoms with E-state index in [-0.39, 0.29) is 10.7 Å². The molecule has 9 nitrogen and oxygen atoms in total. The Morgan fingerprint density at radius 3 is 1.95 bits per heavy atom. The highest BCUT2D eigenvalue weighted by molar-refractivity contribution is 7.80. The van der Waals surface area contributed by atoms with Gasteiger partial charge >= 0.3 is 0 Å². The van der Waals surface area contributed by atoms with E-state index >= 15 is 0 Å². The first-order valence-electron chi connectivity index (χ1n) is 6.34. The van der Waals surface area contributed by atoms with Crippen LogP contribution in [0.15, 0.2) is 18.2 Å². The fraction of sp³-hybridized carbons (Fsp3) is 0.333. The van der Waals surface area contributed by atoms with E-state index in [2.05, 4.69) is 5.32 Å². The molecule has 1 rings (SSSR count). The molecule has 1 aromatic rings. The van der Waals surface area contributed by atoms with E-state index in [0.29, 0.717) is 13.1 Å². The highest BCUT2D eigenvalue weighted by atomic mass is 32.1. The molecular weight excluding hydrogens is 312 g/mol. The van der Waals surface area contributed by atoms with Gasteiger partial charge in [0.05, 0.1) is 21.5 Å². The molecule has 0 heterocycles. The third-order valence-electron chi connectivity index (χ3n) is 2.86. The van der Waals surface area contributed by atoms with Gasteiger partial charge in [-0.25, -0.2) is 0 Å². The van der Waals surface area contributed by atoms with Gasteiger partial charge in [-0.1, -0.05) is 0 Å². The molecule has 0 unspecified atom stereocenters. The van der Waals surface area contributed by atoms with E-state index in [1.807, 2.05) is 13.8 Å². The van der Waals surface area contributed by atoms with Crippen LogP contribution in [0.5, 0.6) is 0 Å². The number of nitrogens with one attached hydrogen (secondary N) is 1. The first-order valence-corrected chi connectivity index (χ1v) is 6.75. The van der Waals surface area contributed by atoms with E-state index in [9.17, 15) is 25.0 Å². The Morgan fingerprint density at radius 2 is 1.59 bits per heavy atom. The number of benzene rings is 1. The number of nitro groups is 2. The van der Waals surface area contributed by atoms with Crippen molar-refractivity contribution >= 4 is 34.6 Å². The van der Waals surface area contributed by atoms with Crippen molar-refractivity contribution in [1.82, 2.24) is 10.2 Å². The van der Waals surface area contributed by atoms with E-state index in [1.165, 1.54) is 0 Å². The molecule has 0 aliphatic rings. The predicted octanol–water partition coefficient (Wildman–Crippen LogP) is 1.86. The van der Waals surface area contributed by atoms with Crippen LogP contribution in [0.3, 0.4) is 0 Å². The van der Waals surface area contributed by atoms with Gasteiger partial charge in [-0.05, 0) is 26.1 Å². The van der Waals surface area contributed by atoms with Crippen molar-refractivity contribution in [3.8, 4) is 0 Å².